The third kappa shape index (κ3) is 2.57. The first-order chi connectivity index (χ1) is 11.3. The zero-order chi connectivity index (χ0) is 15.6. The third-order valence-electron chi connectivity index (χ3n) is 3.28. The summed E-state index contributed by atoms with van der Waals surface area (Å²) in [5.74, 6) is 1.39. The van der Waals surface area contributed by atoms with Gasteiger partial charge in [0, 0.05) is 17.7 Å². The molecule has 8 heteroatoms. The molecule has 0 unspecified atom stereocenters. The van der Waals surface area contributed by atoms with Crippen LogP contribution in [-0.4, -0.2) is 25.6 Å². The predicted molar refractivity (Wildman–Crippen MR) is 82.4 cm³/mol. The Balaban J connectivity index is 1.55. The van der Waals surface area contributed by atoms with Gasteiger partial charge in [0.25, 0.3) is 0 Å². The molecule has 23 heavy (non-hydrogen) atoms. The molecule has 0 aliphatic rings. The van der Waals surface area contributed by atoms with Gasteiger partial charge in [0.15, 0.2) is 17.0 Å². The molecule has 3 aromatic heterocycles. The summed E-state index contributed by atoms with van der Waals surface area (Å²) < 4.78 is 11.0. The Bertz CT molecular complexity index is 947. The fraction of sp³-hybridized carbons (Fsp3) is 0.0667. The molecule has 0 bridgehead atoms. The zero-order valence-corrected chi connectivity index (χ0v) is 11.9. The van der Waals surface area contributed by atoms with Gasteiger partial charge in [0.2, 0.25) is 5.65 Å². The number of H-pyrrole nitrogens is 1. The molecule has 4 rings (SSSR count). The molecule has 114 valence electrons. The van der Waals surface area contributed by atoms with Gasteiger partial charge in [-0.2, -0.15) is 10.3 Å². The highest BCUT2D eigenvalue weighted by Crippen LogP contribution is 2.25. The second-order valence-corrected chi connectivity index (χ2v) is 4.87. The van der Waals surface area contributed by atoms with Crippen LogP contribution in [0.4, 0.5) is 5.82 Å². The van der Waals surface area contributed by atoms with Gasteiger partial charge in [0.05, 0.1) is 0 Å². The van der Waals surface area contributed by atoms with E-state index >= 15 is 0 Å². The van der Waals surface area contributed by atoms with E-state index in [1.165, 1.54) is 0 Å². The average molecular weight is 308 g/mol. The number of anilines is 1. The number of aromatic nitrogens is 5. The maximum absolute atomic E-state index is 5.72. The number of pyridine rings is 1. The van der Waals surface area contributed by atoms with E-state index in [4.69, 9.17) is 15.0 Å². The summed E-state index contributed by atoms with van der Waals surface area (Å²) in [6.45, 7) is 0.200. The number of benzene rings is 1. The molecule has 0 saturated heterocycles. The molecule has 0 aliphatic heterocycles. The van der Waals surface area contributed by atoms with E-state index in [1.54, 1.807) is 6.07 Å². The molecular weight excluding hydrogens is 296 g/mol. The van der Waals surface area contributed by atoms with Gasteiger partial charge in [0.1, 0.15) is 18.1 Å². The SMILES string of the molecule is Nc1cc(OCc2cc(-c3ccccc3)no2)c2n[nH]nc2n1. The number of hydrogen-bond donors (Lipinski definition) is 2. The maximum Gasteiger partial charge on any atom is 0.207 e. The van der Waals surface area contributed by atoms with Crippen LogP contribution in [-0.2, 0) is 6.61 Å². The van der Waals surface area contributed by atoms with E-state index < -0.39 is 0 Å². The van der Waals surface area contributed by atoms with E-state index in [0.717, 1.165) is 11.3 Å². The average Bonchev–Trinajstić information content (AvgIpc) is 3.22. The number of aromatic amines is 1. The number of fused-ring (bicyclic) bond motifs is 1. The smallest absolute Gasteiger partial charge is 0.207 e. The Kier molecular flexibility index (Phi) is 3.12. The second-order valence-electron chi connectivity index (χ2n) is 4.87. The highest BCUT2D eigenvalue weighted by molar-refractivity contribution is 5.78. The summed E-state index contributed by atoms with van der Waals surface area (Å²) in [5, 5.41) is 14.4. The quantitative estimate of drug-likeness (QED) is 0.593. The van der Waals surface area contributed by atoms with Crippen LogP contribution in [0, 0.1) is 0 Å². The van der Waals surface area contributed by atoms with Gasteiger partial charge in [-0.3, -0.25) is 0 Å². The van der Waals surface area contributed by atoms with Crippen molar-refractivity contribution >= 4 is 17.0 Å². The minimum Gasteiger partial charge on any atom is -0.483 e. The van der Waals surface area contributed by atoms with Gasteiger partial charge >= 0.3 is 0 Å². The van der Waals surface area contributed by atoms with Crippen molar-refractivity contribution in [2.75, 3.05) is 5.73 Å². The summed E-state index contributed by atoms with van der Waals surface area (Å²) in [6.07, 6.45) is 0. The van der Waals surface area contributed by atoms with Gasteiger partial charge in [-0.25, -0.2) is 4.98 Å². The largest absolute Gasteiger partial charge is 0.483 e. The normalized spacial score (nSPS) is 11.0. The van der Waals surface area contributed by atoms with E-state index in [-0.39, 0.29) is 6.61 Å². The minimum atomic E-state index is 0.200. The second kappa shape index (κ2) is 5.41. The lowest BCUT2D eigenvalue weighted by molar-refractivity contribution is 0.251. The van der Waals surface area contributed by atoms with Crippen LogP contribution in [0.25, 0.3) is 22.4 Å². The molecule has 4 aromatic rings. The molecule has 0 atom stereocenters. The van der Waals surface area contributed by atoms with Crippen LogP contribution < -0.4 is 10.5 Å². The topological polar surface area (TPSA) is 116 Å². The van der Waals surface area contributed by atoms with Crippen LogP contribution in [0.15, 0.2) is 47.0 Å². The van der Waals surface area contributed by atoms with Gasteiger partial charge in [-0.1, -0.05) is 35.5 Å². The first kappa shape index (κ1) is 13.3. The summed E-state index contributed by atoms with van der Waals surface area (Å²) in [4.78, 5) is 4.05. The van der Waals surface area contributed by atoms with Crippen LogP contribution in [0.1, 0.15) is 5.76 Å². The zero-order valence-electron chi connectivity index (χ0n) is 11.9. The summed E-state index contributed by atoms with van der Waals surface area (Å²) in [5.41, 5.74) is 8.38. The van der Waals surface area contributed by atoms with E-state index in [9.17, 15) is 0 Å². The van der Waals surface area contributed by atoms with Crippen LogP contribution in [0.5, 0.6) is 5.75 Å². The van der Waals surface area contributed by atoms with Crippen LogP contribution in [0.2, 0.25) is 0 Å². The molecule has 0 aliphatic carbocycles. The van der Waals surface area contributed by atoms with Crippen LogP contribution in [0.3, 0.4) is 0 Å². The van der Waals surface area contributed by atoms with E-state index in [0.29, 0.717) is 28.5 Å². The lowest BCUT2D eigenvalue weighted by atomic mass is 10.1. The number of rotatable bonds is 4. The van der Waals surface area contributed by atoms with Crippen LogP contribution >= 0.6 is 0 Å². The molecule has 3 N–H and O–H groups in total. The highest BCUT2D eigenvalue weighted by atomic mass is 16.5. The van der Waals surface area contributed by atoms with Crippen molar-refractivity contribution in [3.8, 4) is 17.0 Å². The number of nitrogens with zero attached hydrogens (tertiary/aromatic N) is 4. The number of nitrogens with one attached hydrogen (secondary N) is 1. The molecule has 0 spiro atoms. The molecule has 3 heterocycles. The Hall–Kier alpha value is -3.42. The standard InChI is InChI=1S/C15H12N6O2/c16-13-7-12(14-15(17-13)19-21-18-14)22-8-10-6-11(20-23-10)9-4-2-1-3-5-9/h1-7H,8H2,(H3,16,17,18,19,21). The molecule has 1 aromatic carbocycles. The van der Waals surface area contributed by atoms with Crippen molar-refractivity contribution < 1.29 is 9.26 Å². The van der Waals surface area contributed by atoms with Gasteiger partial charge in [-0.15, -0.1) is 5.10 Å². The van der Waals surface area contributed by atoms with Crippen molar-refractivity contribution in [1.82, 2.24) is 25.6 Å². The Morgan fingerprint density at radius 2 is 2.00 bits per heavy atom. The minimum absolute atomic E-state index is 0.200. The Morgan fingerprint density at radius 1 is 1.13 bits per heavy atom. The molecule has 0 amide bonds. The van der Waals surface area contributed by atoms with E-state index in [2.05, 4.69) is 25.6 Å². The maximum atomic E-state index is 5.72. The summed E-state index contributed by atoms with van der Waals surface area (Å²) in [7, 11) is 0. The lowest BCUT2D eigenvalue weighted by Crippen LogP contribution is -1.98. The monoisotopic (exact) mass is 308 g/mol. The van der Waals surface area contributed by atoms with Crippen molar-refractivity contribution in [2.45, 2.75) is 6.61 Å². The van der Waals surface area contributed by atoms with Crippen molar-refractivity contribution in [3.63, 3.8) is 0 Å². The van der Waals surface area contributed by atoms with Gasteiger partial charge < -0.3 is 15.0 Å². The first-order valence-corrected chi connectivity index (χ1v) is 6.90. The summed E-state index contributed by atoms with van der Waals surface area (Å²) in [6, 6.07) is 13.2. The first-order valence-electron chi connectivity index (χ1n) is 6.90. The third-order valence-corrected chi connectivity index (χ3v) is 3.28. The fourth-order valence-corrected chi connectivity index (χ4v) is 2.21. The van der Waals surface area contributed by atoms with Crippen molar-refractivity contribution in [3.05, 3.63) is 48.2 Å². The van der Waals surface area contributed by atoms with E-state index in [1.807, 2.05) is 36.4 Å². The number of nitrogen functional groups attached to an aromatic ring is 1. The lowest BCUT2D eigenvalue weighted by Gasteiger charge is -2.04. The fourth-order valence-electron chi connectivity index (χ4n) is 2.21. The molecule has 0 radical (unpaired) electrons. The number of hydrogen-bond acceptors (Lipinski definition) is 7. The number of ether oxygens (including phenoxy) is 1. The molecule has 0 saturated carbocycles. The summed E-state index contributed by atoms with van der Waals surface area (Å²) >= 11 is 0. The van der Waals surface area contributed by atoms with Gasteiger partial charge in [-0.05, 0) is 0 Å². The Labute approximate surface area is 130 Å². The number of nitrogens with two attached hydrogens (primary N) is 1. The van der Waals surface area contributed by atoms with Crippen molar-refractivity contribution in [1.29, 1.82) is 0 Å². The molecule has 0 fully saturated rings. The Morgan fingerprint density at radius 3 is 2.87 bits per heavy atom. The van der Waals surface area contributed by atoms with Crippen molar-refractivity contribution in [2.24, 2.45) is 0 Å². The highest BCUT2D eigenvalue weighted by Gasteiger charge is 2.12. The molecule has 8 nitrogen and oxygen atoms in total. The molecular formula is C15H12N6O2. The predicted octanol–water partition coefficient (Wildman–Crippen LogP) is 2.17.